The average Bonchev–Trinajstić information content (AvgIpc) is 2.74. The molecule has 1 aromatic rings. The number of hydrogen-bond acceptors (Lipinski definition) is 6. The molecule has 3 aliphatic rings. The van der Waals surface area contributed by atoms with Crippen molar-refractivity contribution in [2.24, 2.45) is 10.8 Å². The Balaban J connectivity index is 1.92. The molecule has 8 heteroatoms. The molecule has 4 rings (SSSR count). The van der Waals surface area contributed by atoms with Crippen LogP contribution in [-0.2, 0) is 19.2 Å². The minimum absolute atomic E-state index is 0.0485. The topological polar surface area (TPSA) is 121 Å². The molecule has 1 heterocycles. The van der Waals surface area contributed by atoms with E-state index in [1.165, 1.54) is 0 Å². The van der Waals surface area contributed by atoms with E-state index in [-0.39, 0.29) is 35.4 Å². The quantitative estimate of drug-likeness (QED) is 0.574. The van der Waals surface area contributed by atoms with Crippen molar-refractivity contribution in [3.05, 3.63) is 52.4 Å². The fourth-order valence-electron chi connectivity index (χ4n) is 5.79. The van der Waals surface area contributed by atoms with Crippen LogP contribution in [0.2, 0.25) is 0 Å². The van der Waals surface area contributed by atoms with Crippen LogP contribution in [0.3, 0.4) is 0 Å². The smallest absolute Gasteiger partial charge is 0.341 e. The van der Waals surface area contributed by atoms with E-state index in [1.54, 1.807) is 18.2 Å². The van der Waals surface area contributed by atoms with E-state index < -0.39 is 24.5 Å². The number of allylic oxidation sites excluding steroid dienone is 4. The molecule has 36 heavy (non-hydrogen) atoms. The molecule has 192 valence electrons. The van der Waals surface area contributed by atoms with E-state index in [0.717, 1.165) is 11.4 Å². The number of benzene rings is 1. The maximum atomic E-state index is 13.7. The zero-order valence-electron chi connectivity index (χ0n) is 21.2. The van der Waals surface area contributed by atoms with Gasteiger partial charge in [0.1, 0.15) is 5.75 Å². The normalized spacial score (nSPS) is 21.3. The Kier molecular flexibility index (Phi) is 6.58. The Labute approximate surface area is 210 Å². The Morgan fingerprint density at radius 3 is 1.97 bits per heavy atom. The molecule has 0 atom stereocenters. The highest BCUT2D eigenvalue weighted by molar-refractivity contribution is 6.06. The van der Waals surface area contributed by atoms with E-state index in [2.05, 4.69) is 0 Å². The Hall–Kier alpha value is -3.42. The van der Waals surface area contributed by atoms with Gasteiger partial charge in [-0.2, -0.15) is 0 Å². The van der Waals surface area contributed by atoms with Gasteiger partial charge in [-0.3, -0.25) is 14.4 Å². The van der Waals surface area contributed by atoms with Crippen LogP contribution in [-0.4, -0.2) is 51.8 Å². The zero-order chi connectivity index (χ0) is 26.4. The third-order valence-corrected chi connectivity index (χ3v) is 7.12. The number of hydrogen-bond donors (Lipinski definition) is 2. The van der Waals surface area contributed by atoms with E-state index in [0.29, 0.717) is 48.1 Å². The Bertz CT molecular complexity index is 1150. The van der Waals surface area contributed by atoms with Gasteiger partial charge in [0.2, 0.25) is 0 Å². The largest absolute Gasteiger partial charge is 0.482 e. The van der Waals surface area contributed by atoms with Crippen molar-refractivity contribution in [3.63, 3.8) is 0 Å². The third kappa shape index (κ3) is 5.08. The number of carboxylic acid groups (broad SMARTS) is 2. The highest BCUT2D eigenvalue weighted by Gasteiger charge is 2.48. The van der Waals surface area contributed by atoms with Crippen molar-refractivity contribution < 1.29 is 34.1 Å². The van der Waals surface area contributed by atoms with Crippen LogP contribution in [0.25, 0.3) is 0 Å². The van der Waals surface area contributed by atoms with Crippen molar-refractivity contribution in [2.75, 3.05) is 13.2 Å². The summed E-state index contributed by atoms with van der Waals surface area (Å²) in [5, 5.41) is 18.5. The highest BCUT2D eigenvalue weighted by atomic mass is 16.5. The highest BCUT2D eigenvalue weighted by Crippen LogP contribution is 2.54. The van der Waals surface area contributed by atoms with E-state index >= 15 is 0 Å². The lowest BCUT2D eigenvalue weighted by Crippen LogP contribution is -2.45. The molecular formula is C28H33NO7. The van der Waals surface area contributed by atoms with Gasteiger partial charge >= 0.3 is 11.9 Å². The lowest BCUT2D eigenvalue weighted by molar-refractivity contribution is -0.139. The lowest BCUT2D eigenvalue weighted by atomic mass is 9.63. The van der Waals surface area contributed by atoms with Gasteiger partial charge in [0, 0.05) is 47.8 Å². The van der Waals surface area contributed by atoms with Crippen molar-refractivity contribution in [3.8, 4) is 5.75 Å². The first-order valence-electron chi connectivity index (χ1n) is 12.2. The molecule has 1 aromatic carbocycles. The predicted molar refractivity (Wildman–Crippen MR) is 131 cm³/mol. The molecule has 0 bridgehead atoms. The van der Waals surface area contributed by atoms with Gasteiger partial charge in [-0.1, -0.05) is 39.8 Å². The van der Waals surface area contributed by atoms with Crippen LogP contribution < -0.4 is 4.74 Å². The molecule has 0 saturated carbocycles. The minimum atomic E-state index is -1.10. The summed E-state index contributed by atoms with van der Waals surface area (Å²) < 4.78 is 5.40. The number of carboxylic acids is 2. The molecule has 2 N–H and O–H groups in total. The Morgan fingerprint density at radius 2 is 1.47 bits per heavy atom. The number of Topliss-reactive ketones (excluding diaryl/α,β-unsaturated/α-hetero) is 2. The van der Waals surface area contributed by atoms with Gasteiger partial charge in [0.25, 0.3) is 0 Å². The standard InChI is InChI=1S/C28H33NO7/c1-27(2)11-18-25(20(30)13-27)24(16-6-5-7-17(10-16)36-15-23(34)35)26-19(29(18)9-8-22(32)33)12-28(3,4)14-21(26)31/h5-7,10,24H,8-9,11-15H2,1-4H3,(H,32,33)(H,34,35). The molecule has 1 aliphatic heterocycles. The fourth-order valence-corrected chi connectivity index (χ4v) is 5.79. The summed E-state index contributed by atoms with van der Waals surface area (Å²) in [6.07, 6.45) is 1.72. The van der Waals surface area contributed by atoms with Crippen LogP contribution in [0.5, 0.6) is 5.75 Å². The summed E-state index contributed by atoms with van der Waals surface area (Å²) in [6, 6.07) is 6.92. The van der Waals surface area contributed by atoms with Crippen molar-refractivity contribution in [1.29, 1.82) is 0 Å². The van der Waals surface area contributed by atoms with Crippen LogP contribution >= 0.6 is 0 Å². The van der Waals surface area contributed by atoms with Crippen LogP contribution in [0, 0.1) is 10.8 Å². The first-order chi connectivity index (χ1) is 16.8. The second kappa shape index (κ2) is 9.22. The van der Waals surface area contributed by atoms with Crippen molar-refractivity contribution in [2.45, 2.75) is 65.7 Å². The zero-order valence-corrected chi connectivity index (χ0v) is 21.2. The monoisotopic (exact) mass is 495 g/mol. The number of nitrogens with zero attached hydrogens (tertiary/aromatic N) is 1. The first kappa shape index (κ1) is 25.7. The van der Waals surface area contributed by atoms with Gasteiger partial charge in [0.15, 0.2) is 18.2 Å². The first-order valence-corrected chi connectivity index (χ1v) is 12.2. The lowest BCUT2D eigenvalue weighted by Gasteiger charge is -2.49. The molecule has 0 amide bonds. The number of carbonyl (C=O) groups is 4. The molecule has 8 nitrogen and oxygen atoms in total. The molecule has 0 aromatic heterocycles. The number of carbonyl (C=O) groups excluding carboxylic acids is 2. The number of ketones is 2. The van der Waals surface area contributed by atoms with Gasteiger partial charge in [0.05, 0.1) is 6.42 Å². The maximum Gasteiger partial charge on any atom is 0.341 e. The summed E-state index contributed by atoms with van der Waals surface area (Å²) in [4.78, 5) is 51.8. The van der Waals surface area contributed by atoms with Crippen LogP contribution in [0.1, 0.15) is 71.3 Å². The summed E-state index contributed by atoms with van der Waals surface area (Å²) in [5.41, 5.74) is 2.76. The Morgan fingerprint density at radius 1 is 0.917 bits per heavy atom. The maximum absolute atomic E-state index is 13.7. The molecule has 0 radical (unpaired) electrons. The second-order valence-electron chi connectivity index (χ2n) is 11.6. The van der Waals surface area contributed by atoms with Gasteiger partial charge in [-0.05, 0) is 41.4 Å². The summed E-state index contributed by atoms with van der Waals surface area (Å²) in [7, 11) is 0. The molecule has 0 fully saturated rings. The second-order valence-corrected chi connectivity index (χ2v) is 11.6. The summed E-state index contributed by atoms with van der Waals surface area (Å²) in [6.45, 7) is 7.80. The number of aliphatic carboxylic acids is 2. The number of rotatable bonds is 7. The van der Waals surface area contributed by atoms with Gasteiger partial charge in [-0.15, -0.1) is 0 Å². The minimum Gasteiger partial charge on any atom is -0.482 e. The van der Waals surface area contributed by atoms with Gasteiger partial charge < -0.3 is 19.8 Å². The summed E-state index contributed by atoms with van der Waals surface area (Å²) in [5.74, 6) is -2.39. The van der Waals surface area contributed by atoms with Gasteiger partial charge in [-0.25, -0.2) is 4.79 Å². The number of ether oxygens (including phenoxy) is 1. The van der Waals surface area contributed by atoms with Crippen LogP contribution in [0.4, 0.5) is 0 Å². The molecular weight excluding hydrogens is 462 g/mol. The average molecular weight is 496 g/mol. The molecule has 0 spiro atoms. The van der Waals surface area contributed by atoms with E-state index in [1.807, 2.05) is 38.7 Å². The SMILES string of the molecule is CC1(C)CC(=O)C2=C(C1)N(CCC(=O)O)C1=C(C(=O)CC(C)(C)C1)C2c1cccc(OCC(=O)O)c1. The molecule has 2 aliphatic carbocycles. The van der Waals surface area contributed by atoms with Crippen molar-refractivity contribution in [1.82, 2.24) is 4.90 Å². The van der Waals surface area contributed by atoms with Crippen molar-refractivity contribution >= 4 is 23.5 Å². The van der Waals surface area contributed by atoms with Crippen LogP contribution in [0.15, 0.2) is 46.8 Å². The summed E-state index contributed by atoms with van der Waals surface area (Å²) >= 11 is 0. The fraction of sp³-hybridized carbons (Fsp3) is 0.500. The predicted octanol–water partition coefficient (Wildman–Crippen LogP) is 4.31. The molecule has 0 saturated heterocycles. The third-order valence-electron chi connectivity index (χ3n) is 7.12. The molecule has 0 unspecified atom stereocenters. The van der Waals surface area contributed by atoms with E-state index in [4.69, 9.17) is 9.84 Å². The van der Waals surface area contributed by atoms with E-state index in [9.17, 15) is 24.3 Å².